The highest BCUT2D eigenvalue weighted by atomic mass is 32.2. The number of unbranched alkanes of at least 4 members (excludes halogenated alkanes) is 2. The lowest BCUT2D eigenvalue weighted by molar-refractivity contribution is -0.148. The number of carbonyl (C=O) groups is 2. The molecule has 0 amide bonds. The molecule has 2 atom stereocenters. The topological polar surface area (TPSA) is 89.5 Å². The summed E-state index contributed by atoms with van der Waals surface area (Å²) in [6, 6.07) is 14.0. The normalized spacial score (nSPS) is 12.4. The minimum atomic E-state index is -0.627. The highest BCUT2D eigenvalue weighted by Gasteiger charge is 2.22. The van der Waals surface area contributed by atoms with Crippen molar-refractivity contribution in [2.75, 3.05) is 45.4 Å². The van der Waals surface area contributed by atoms with Gasteiger partial charge in [0.05, 0.1) is 13.2 Å². The summed E-state index contributed by atoms with van der Waals surface area (Å²) < 4.78 is 35.6. The second kappa shape index (κ2) is 19.8. The average Bonchev–Trinajstić information content (AvgIpc) is 3.05. The first-order valence-electron chi connectivity index (χ1n) is 15.6. The van der Waals surface area contributed by atoms with E-state index in [9.17, 15) is 9.59 Å². The van der Waals surface area contributed by atoms with Crippen molar-refractivity contribution in [2.45, 2.75) is 63.6 Å². The zero-order valence-corrected chi connectivity index (χ0v) is 27.5. The number of thioether (sulfide) groups is 1. The van der Waals surface area contributed by atoms with E-state index < -0.39 is 24.1 Å². The summed E-state index contributed by atoms with van der Waals surface area (Å²) in [7, 11) is 0. The summed E-state index contributed by atoms with van der Waals surface area (Å²) in [5.41, 5.74) is 0. The molecule has 45 heavy (non-hydrogen) atoms. The molecule has 0 radical (unpaired) electrons. The zero-order valence-electron chi connectivity index (χ0n) is 26.7. The highest BCUT2D eigenvalue weighted by Crippen LogP contribution is 2.44. The molecular formula is C36H46O8S. The van der Waals surface area contributed by atoms with Crippen molar-refractivity contribution in [1.82, 2.24) is 0 Å². The maximum absolute atomic E-state index is 12.1. The van der Waals surface area contributed by atoms with Crippen LogP contribution >= 0.6 is 11.8 Å². The summed E-state index contributed by atoms with van der Waals surface area (Å²) in [6.07, 6.45) is 4.85. The fraction of sp³-hybridized carbons (Fsp3) is 0.444. The predicted octanol–water partition coefficient (Wildman–Crippen LogP) is 7.69. The van der Waals surface area contributed by atoms with Crippen molar-refractivity contribution in [3.05, 3.63) is 67.8 Å². The standard InChI is InChI=1S/C36H46O8S/c1-6-11-19-39-22-26(43-33(37)8-3)24-41-35-29-15-13-14-16-30(29)36(32-21-28(45-10-5)17-18-31(32)35)42-25-27(44-34(38)9-4)23-40-20-12-7-2/h8-9,13-18,21,26-27H,3-4,6-7,10-12,19-20,22-25H2,1-2,5H3. The van der Waals surface area contributed by atoms with Gasteiger partial charge in [-0.2, -0.15) is 0 Å². The van der Waals surface area contributed by atoms with E-state index in [1.54, 1.807) is 11.8 Å². The quantitative estimate of drug-likeness (QED) is 0.0361. The van der Waals surface area contributed by atoms with E-state index in [4.69, 9.17) is 28.4 Å². The Balaban J connectivity index is 2.00. The van der Waals surface area contributed by atoms with Crippen molar-refractivity contribution in [2.24, 2.45) is 0 Å². The fourth-order valence-corrected chi connectivity index (χ4v) is 5.28. The summed E-state index contributed by atoms with van der Waals surface area (Å²) in [5.74, 6) is 1.13. The minimum absolute atomic E-state index is 0.0881. The van der Waals surface area contributed by atoms with Crippen molar-refractivity contribution in [3.63, 3.8) is 0 Å². The molecule has 0 aromatic heterocycles. The van der Waals surface area contributed by atoms with Crippen LogP contribution in [0.15, 0.2) is 72.7 Å². The first kappa shape index (κ1) is 35.9. The lowest BCUT2D eigenvalue weighted by atomic mass is 10.0. The number of ether oxygens (including phenoxy) is 6. The Morgan fingerprint density at radius 1 is 0.711 bits per heavy atom. The average molecular weight is 639 g/mol. The number of fused-ring (bicyclic) bond motifs is 2. The Morgan fingerprint density at radius 3 is 1.67 bits per heavy atom. The largest absolute Gasteiger partial charge is 0.488 e. The van der Waals surface area contributed by atoms with Gasteiger partial charge < -0.3 is 28.4 Å². The summed E-state index contributed by atoms with van der Waals surface area (Å²) in [6.45, 7) is 15.1. The van der Waals surface area contributed by atoms with Crippen LogP contribution in [0.1, 0.15) is 46.5 Å². The van der Waals surface area contributed by atoms with E-state index in [0.717, 1.165) is 70.0 Å². The van der Waals surface area contributed by atoms with Crippen molar-refractivity contribution >= 4 is 45.2 Å². The predicted molar refractivity (Wildman–Crippen MR) is 180 cm³/mol. The van der Waals surface area contributed by atoms with Crippen molar-refractivity contribution < 1.29 is 38.0 Å². The molecule has 9 heteroatoms. The third-order valence-corrected chi connectivity index (χ3v) is 7.70. The van der Waals surface area contributed by atoms with Gasteiger partial charge in [0.25, 0.3) is 0 Å². The maximum Gasteiger partial charge on any atom is 0.330 e. The molecule has 244 valence electrons. The monoisotopic (exact) mass is 638 g/mol. The first-order valence-corrected chi connectivity index (χ1v) is 16.6. The highest BCUT2D eigenvalue weighted by molar-refractivity contribution is 7.99. The van der Waals surface area contributed by atoms with Gasteiger partial charge in [-0.05, 0) is 36.8 Å². The molecular weight excluding hydrogens is 592 g/mol. The molecule has 0 aliphatic rings. The van der Waals surface area contributed by atoms with Gasteiger partial charge in [-0.3, -0.25) is 0 Å². The van der Waals surface area contributed by atoms with Crippen LogP contribution in [0.4, 0.5) is 0 Å². The lowest BCUT2D eigenvalue weighted by Gasteiger charge is -2.23. The molecule has 0 N–H and O–H groups in total. The van der Waals surface area contributed by atoms with E-state index >= 15 is 0 Å². The third kappa shape index (κ3) is 11.1. The Kier molecular flexibility index (Phi) is 15.8. The van der Waals surface area contributed by atoms with Crippen molar-refractivity contribution in [3.8, 4) is 11.5 Å². The molecule has 0 spiro atoms. The Bertz CT molecular complexity index is 1400. The Hall–Kier alpha value is -3.53. The second-order valence-electron chi connectivity index (χ2n) is 10.3. The minimum Gasteiger partial charge on any atom is -0.488 e. The molecule has 8 nitrogen and oxygen atoms in total. The molecule has 0 saturated heterocycles. The van der Waals surface area contributed by atoms with Crippen LogP contribution < -0.4 is 9.47 Å². The van der Waals surface area contributed by atoms with Gasteiger partial charge in [0.2, 0.25) is 0 Å². The van der Waals surface area contributed by atoms with Gasteiger partial charge in [-0.25, -0.2) is 9.59 Å². The van der Waals surface area contributed by atoms with Crippen LogP contribution in [0.25, 0.3) is 21.5 Å². The number of rotatable bonds is 22. The van der Waals surface area contributed by atoms with Crippen molar-refractivity contribution in [1.29, 1.82) is 0 Å². The third-order valence-electron chi connectivity index (χ3n) is 6.83. The van der Waals surface area contributed by atoms with E-state index in [1.165, 1.54) is 0 Å². The number of benzene rings is 3. The van der Waals surface area contributed by atoms with Crippen LogP contribution in [0.2, 0.25) is 0 Å². The Labute approximate surface area is 271 Å². The number of hydrogen-bond acceptors (Lipinski definition) is 9. The maximum atomic E-state index is 12.1. The molecule has 0 fully saturated rings. The molecule has 3 aromatic rings. The summed E-state index contributed by atoms with van der Waals surface area (Å²) >= 11 is 1.72. The summed E-state index contributed by atoms with van der Waals surface area (Å²) in [4.78, 5) is 25.3. The van der Waals surface area contributed by atoms with Gasteiger partial charge in [-0.15, -0.1) is 11.8 Å². The van der Waals surface area contributed by atoms with Crippen LogP contribution in [0.5, 0.6) is 11.5 Å². The van der Waals surface area contributed by atoms with Crippen LogP contribution in [0, 0.1) is 0 Å². The first-order chi connectivity index (χ1) is 21.9. The van der Waals surface area contributed by atoms with E-state index in [-0.39, 0.29) is 26.4 Å². The zero-order chi connectivity index (χ0) is 32.4. The SMILES string of the molecule is C=CC(=O)OC(COCCCC)COc1c2ccccc2c(OCC(COCCCC)OC(=O)C=C)c2cc(SCC)ccc12. The molecule has 3 rings (SSSR count). The molecule has 0 bridgehead atoms. The molecule has 0 saturated carbocycles. The second-order valence-corrected chi connectivity index (χ2v) is 11.7. The fourth-order valence-electron chi connectivity index (χ4n) is 4.58. The number of carbonyl (C=O) groups excluding carboxylic acids is 2. The molecule has 3 aromatic carbocycles. The van der Waals surface area contributed by atoms with Gasteiger partial charge in [0.15, 0.2) is 12.2 Å². The van der Waals surface area contributed by atoms with Gasteiger partial charge in [-0.1, -0.05) is 71.0 Å². The van der Waals surface area contributed by atoms with Gasteiger partial charge >= 0.3 is 11.9 Å². The van der Waals surface area contributed by atoms with E-state index in [2.05, 4.69) is 46.1 Å². The summed E-state index contributed by atoms with van der Waals surface area (Å²) in [5, 5.41) is 3.35. The smallest absolute Gasteiger partial charge is 0.330 e. The molecule has 2 unspecified atom stereocenters. The van der Waals surface area contributed by atoms with Crippen LogP contribution in [0.3, 0.4) is 0 Å². The molecule has 0 aliphatic heterocycles. The van der Waals surface area contributed by atoms with Crippen LogP contribution in [-0.2, 0) is 28.5 Å². The lowest BCUT2D eigenvalue weighted by Crippen LogP contribution is -2.30. The molecule has 0 aliphatic carbocycles. The van der Waals surface area contributed by atoms with E-state index in [1.807, 2.05) is 30.3 Å². The van der Waals surface area contributed by atoms with Crippen LogP contribution in [-0.4, -0.2) is 69.5 Å². The van der Waals surface area contributed by atoms with E-state index in [0.29, 0.717) is 24.7 Å². The van der Waals surface area contributed by atoms with Gasteiger partial charge in [0.1, 0.15) is 24.7 Å². The van der Waals surface area contributed by atoms with Gasteiger partial charge in [0, 0.05) is 51.8 Å². The number of hydrogen-bond donors (Lipinski definition) is 0. The number of esters is 2. The Morgan fingerprint density at radius 2 is 1.20 bits per heavy atom. The molecule has 0 heterocycles.